The van der Waals surface area contributed by atoms with Crippen molar-refractivity contribution in [2.24, 2.45) is 0 Å². The number of nitrogens with one attached hydrogen (secondary N) is 1. The monoisotopic (exact) mass is 262 g/mol. The van der Waals surface area contributed by atoms with E-state index >= 15 is 0 Å². The molecule has 3 nitrogen and oxygen atoms in total. The topological polar surface area (TPSA) is 55.1 Å². The molecule has 0 aliphatic rings. The van der Waals surface area contributed by atoms with Crippen molar-refractivity contribution in [2.75, 3.05) is 11.1 Å². The lowest BCUT2D eigenvalue weighted by atomic mass is 10.1. The molecule has 3 N–H and O–H groups in total. The van der Waals surface area contributed by atoms with Crippen LogP contribution in [0.25, 0.3) is 0 Å². The number of nitrogens with two attached hydrogens (primary N) is 1. The molecular weight excluding hydrogens is 250 g/mol. The summed E-state index contributed by atoms with van der Waals surface area (Å²) in [5, 5.41) is 2.46. The highest BCUT2D eigenvalue weighted by atomic mass is 19.2. The summed E-state index contributed by atoms with van der Waals surface area (Å²) in [4.78, 5) is 11.9. The van der Waals surface area contributed by atoms with E-state index in [0.29, 0.717) is 5.69 Å². The maximum absolute atomic E-state index is 13.0. The third-order valence-electron chi connectivity index (χ3n) is 2.63. The van der Waals surface area contributed by atoms with Crippen molar-refractivity contribution in [3.05, 3.63) is 59.2 Å². The minimum absolute atomic E-state index is 0.170. The Hall–Kier alpha value is -2.43. The molecule has 0 aliphatic heterocycles. The molecule has 1 amide bonds. The van der Waals surface area contributed by atoms with Crippen LogP contribution in [0.15, 0.2) is 36.4 Å². The number of carbonyl (C=O) groups excluding carboxylic acids is 1. The quantitative estimate of drug-likeness (QED) is 0.817. The number of halogens is 2. The fraction of sp³-hybridized carbons (Fsp3) is 0.0714. The Bertz CT molecular complexity index is 641. The first kappa shape index (κ1) is 13.0. The molecule has 2 aromatic carbocycles. The zero-order valence-corrected chi connectivity index (χ0v) is 10.2. The smallest absolute Gasteiger partial charge is 0.257 e. The van der Waals surface area contributed by atoms with Gasteiger partial charge in [0.05, 0.1) is 5.56 Å². The highest BCUT2D eigenvalue weighted by Crippen LogP contribution is 2.18. The van der Waals surface area contributed by atoms with Crippen molar-refractivity contribution in [2.45, 2.75) is 6.92 Å². The fourth-order valence-electron chi connectivity index (χ4n) is 1.66. The van der Waals surface area contributed by atoms with Crippen LogP contribution in [0.4, 0.5) is 20.2 Å². The third-order valence-corrected chi connectivity index (χ3v) is 2.63. The average molecular weight is 262 g/mol. The van der Waals surface area contributed by atoms with Crippen molar-refractivity contribution in [1.82, 2.24) is 0 Å². The lowest BCUT2D eigenvalue weighted by Crippen LogP contribution is -2.14. The third kappa shape index (κ3) is 2.88. The molecule has 2 rings (SSSR count). The molecule has 0 spiro atoms. The molecule has 0 atom stereocenters. The van der Waals surface area contributed by atoms with E-state index in [1.807, 2.05) is 6.92 Å². The Morgan fingerprint density at radius 1 is 1.11 bits per heavy atom. The molecule has 2 aromatic rings. The van der Waals surface area contributed by atoms with Gasteiger partial charge in [-0.2, -0.15) is 0 Å². The number of rotatable bonds is 2. The maximum Gasteiger partial charge on any atom is 0.257 e. The Balaban J connectivity index is 2.23. The van der Waals surface area contributed by atoms with Crippen LogP contribution >= 0.6 is 0 Å². The molecule has 5 heteroatoms. The Labute approximate surface area is 109 Å². The molecule has 0 unspecified atom stereocenters. The highest BCUT2D eigenvalue weighted by Gasteiger charge is 2.11. The van der Waals surface area contributed by atoms with Crippen LogP contribution < -0.4 is 11.1 Å². The molecule has 0 saturated carbocycles. The van der Waals surface area contributed by atoms with Crippen molar-refractivity contribution in [3.8, 4) is 0 Å². The number of aryl methyl sites for hydroxylation is 1. The summed E-state index contributed by atoms with van der Waals surface area (Å²) in [5.74, 6) is -2.45. The number of nitrogen functional groups attached to an aromatic ring is 1. The van der Waals surface area contributed by atoms with Gasteiger partial charge in [0.25, 0.3) is 5.91 Å². The van der Waals surface area contributed by atoms with E-state index in [1.54, 1.807) is 18.2 Å². The highest BCUT2D eigenvalue weighted by molar-refractivity contribution is 6.07. The first-order chi connectivity index (χ1) is 8.97. The van der Waals surface area contributed by atoms with Crippen LogP contribution in [-0.2, 0) is 0 Å². The Morgan fingerprint density at radius 3 is 2.47 bits per heavy atom. The number of hydrogen-bond donors (Lipinski definition) is 2. The van der Waals surface area contributed by atoms with Crippen molar-refractivity contribution >= 4 is 17.3 Å². The predicted octanol–water partition coefficient (Wildman–Crippen LogP) is 3.11. The number of carbonyl (C=O) groups is 1. The molecule has 0 aromatic heterocycles. The van der Waals surface area contributed by atoms with Crippen molar-refractivity contribution < 1.29 is 13.6 Å². The molecule has 19 heavy (non-hydrogen) atoms. The molecule has 0 fully saturated rings. The molecule has 0 radical (unpaired) electrons. The lowest BCUT2D eigenvalue weighted by Gasteiger charge is -2.08. The van der Waals surface area contributed by atoms with Crippen LogP contribution in [0.5, 0.6) is 0 Å². The molecule has 0 heterocycles. The van der Waals surface area contributed by atoms with Gasteiger partial charge in [-0.3, -0.25) is 4.79 Å². The van der Waals surface area contributed by atoms with Gasteiger partial charge in [-0.05, 0) is 36.8 Å². The van der Waals surface area contributed by atoms with Crippen LogP contribution in [0.2, 0.25) is 0 Å². The fourth-order valence-corrected chi connectivity index (χ4v) is 1.66. The van der Waals surface area contributed by atoms with Crippen molar-refractivity contribution in [3.63, 3.8) is 0 Å². The summed E-state index contributed by atoms with van der Waals surface area (Å²) in [6.07, 6.45) is 0. The van der Waals surface area contributed by atoms with Gasteiger partial charge in [0.2, 0.25) is 0 Å². The van der Waals surface area contributed by atoms with Gasteiger partial charge in [0.15, 0.2) is 11.6 Å². The second kappa shape index (κ2) is 5.06. The summed E-state index contributed by atoms with van der Waals surface area (Å²) in [6.45, 7) is 1.85. The van der Waals surface area contributed by atoms with Gasteiger partial charge >= 0.3 is 0 Å². The second-order valence-corrected chi connectivity index (χ2v) is 4.17. The number of anilines is 2. The Kier molecular flexibility index (Phi) is 3.46. The van der Waals surface area contributed by atoms with E-state index in [0.717, 1.165) is 17.7 Å². The summed E-state index contributed by atoms with van der Waals surface area (Å²) >= 11 is 0. The van der Waals surface area contributed by atoms with Gasteiger partial charge in [-0.25, -0.2) is 8.78 Å². The van der Waals surface area contributed by atoms with Gasteiger partial charge in [-0.15, -0.1) is 0 Å². The van der Waals surface area contributed by atoms with Crippen LogP contribution in [0, 0.1) is 18.6 Å². The minimum atomic E-state index is -1.02. The van der Waals surface area contributed by atoms with Gasteiger partial charge in [-0.1, -0.05) is 6.07 Å². The number of hydrogen-bond acceptors (Lipinski definition) is 2. The predicted molar refractivity (Wildman–Crippen MR) is 69.9 cm³/mol. The second-order valence-electron chi connectivity index (χ2n) is 4.17. The van der Waals surface area contributed by atoms with E-state index in [2.05, 4.69) is 5.32 Å². The van der Waals surface area contributed by atoms with E-state index < -0.39 is 17.5 Å². The average Bonchev–Trinajstić information content (AvgIpc) is 2.33. The molecule has 98 valence electrons. The molecular formula is C14H12F2N2O. The van der Waals surface area contributed by atoms with E-state index in [-0.39, 0.29) is 11.3 Å². The van der Waals surface area contributed by atoms with E-state index in [1.165, 1.54) is 6.07 Å². The Morgan fingerprint density at radius 2 is 1.84 bits per heavy atom. The van der Waals surface area contributed by atoms with E-state index in [4.69, 9.17) is 5.73 Å². The van der Waals surface area contributed by atoms with Gasteiger partial charge in [0, 0.05) is 17.4 Å². The zero-order valence-electron chi connectivity index (χ0n) is 10.2. The molecule has 0 aliphatic carbocycles. The lowest BCUT2D eigenvalue weighted by molar-refractivity contribution is 0.102. The number of benzene rings is 2. The largest absolute Gasteiger partial charge is 0.398 e. The zero-order chi connectivity index (χ0) is 14.0. The summed E-state index contributed by atoms with van der Waals surface area (Å²) < 4.78 is 25.8. The van der Waals surface area contributed by atoms with Crippen molar-refractivity contribution in [1.29, 1.82) is 0 Å². The van der Waals surface area contributed by atoms with Gasteiger partial charge < -0.3 is 11.1 Å². The van der Waals surface area contributed by atoms with Gasteiger partial charge in [0.1, 0.15) is 0 Å². The molecule has 0 bridgehead atoms. The maximum atomic E-state index is 13.0. The SMILES string of the molecule is Cc1ccc(C(=O)Nc2ccc(F)c(F)c2)c(N)c1. The summed E-state index contributed by atoms with van der Waals surface area (Å²) in [6, 6.07) is 8.14. The minimum Gasteiger partial charge on any atom is -0.398 e. The summed E-state index contributed by atoms with van der Waals surface area (Å²) in [5.41, 5.74) is 7.46. The van der Waals surface area contributed by atoms with E-state index in [9.17, 15) is 13.6 Å². The standard InChI is InChI=1S/C14H12F2N2O/c1-8-2-4-10(13(17)6-8)14(19)18-9-3-5-11(15)12(16)7-9/h2-7H,17H2,1H3,(H,18,19). The normalized spacial score (nSPS) is 10.3. The summed E-state index contributed by atoms with van der Waals surface area (Å²) in [7, 11) is 0. The van der Waals surface area contributed by atoms with Crippen LogP contribution in [-0.4, -0.2) is 5.91 Å². The first-order valence-corrected chi connectivity index (χ1v) is 5.60. The first-order valence-electron chi connectivity index (χ1n) is 5.60. The van der Waals surface area contributed by atoms with Crippen LogP contribution in [0.3, 0.4) is 0 Å². The molecule has 0 saturated heterocycles. The number of amides is 1. The van der Waals surface area contributed by atoms with Crippen LogP contribution in [0.1, 0.15) is 15.9 Å².